The highest BCUT2D eigenvalue weighted by molar-refractivity contribution is 7.99. The molecule has 0 aliphatic rings. The molecule has 0 radical (unpaired) electrons. The zero-order valence-electron chi connectivity index (χ0n) is 15.5. The fourth-order valence-corrected chi connectivity index (χ4v) is 3.37. The van der Waals surface area contributed by atoms with E-state index in [1.807, 2.05) is 23.6 Å². The standard InChI is InChI=1S/C19H18F3N5OS/c1-2-11-27-17(13-7-9-23-10-8-13)25-26-18(27)29-12-16(28)24-15-5-3-14(4-6-15)19(20,21)22/h3-10H,2,11-12H2,1H3,(H,24,28). The molecule has 2 aromatic heterocycles. The van der Waals surface area contributed by atoms with Gasteiger partial charge in [0.1, 0.15) is 0 Å². The second-order valence-electron chi connectivity index (χ2n) is 6.11. The van der Waals surface area contributed by atoms with Gasteiger partial charge in [-0.15, -0.1) is 10.2 Å². The minimum atomic E-state index is -4.41. The fourth-order valence-electron chi connectivity index (χ4n) is 2.60. The van der Waals surface area contributed by atoms with E-state index in [0.717, 1.165) is 24.1 Å². The summed E-state index contributed by atoms with van der Waals surface area (Å²) in [5.41, 5.74) is 0.416. The van der Waals surface area contributed by atoms with E-state index in [1.54, 1.807) is 12.4 Å². The Morgan fingerprint density at radius 1 is 1.10 bits per heavy atom. The molecule has 10 heteroatoms. The van der Waals surface area contributed by atoms with Crippen LogP contribution in [0.4, 0.5) is 18.9 Å². The van der Waals surface area contributed by atoms with E-state index in [9.17, 15) is 18.0 Å². The lowest BCUT2D eigenvalue weighted by atomic mass is 10.2. The molecule has 0 aliphatic heterocycles. The van der Waals surface area contributed by atoms with Gasteiger partial charge in [0.05, 0.1) is 11.3 Å². The maximum atomic E-state index is 12.6. The number of carbonyl (C=O) groups excluding carboxylic acids is 1. The summed E-state index contributed by atoms with van der Waals surface area (Å²) < 4.78 is 39.8. The van der Waals surface area contributed by atoms with Crippen molar-refractivity contribution in [1.82, 2.24) is 19.7 Å². The van der Waals surface area contributed by atoms with Gasteiger partial charge >= 0.3 is 6.18 Å². The molecule has 152 valence electrons. The number of amides is 1. The molecule has 1 aromatic carbocycles. The molecule has 0 saturated carbocycles. The lowest BCUT2D eigenvalue weighted by molar-refractivity contribution is -0.137. The van der Waals surface area contributed by atoms with Crippen molar-refractivity contribution < 1.29 is 18.0 Å². The Bertz CT molecular complexity index is 958. The number of benzene rings is 1. The molecule has 0 fully saturated rings. The predicted molar refractivity (Wildman–Crippen MR) is 104 cm³/mol. The SMILES string of the molecule is CCCn1c(SCC(=O)Nc2ccc(C(F)(F)F)cc2)nnc1-c1ccncc1. The third-order valence-electron chi connectivity index (χ3n) is 3.93. The van der Waals surface area contributed by atoms with Crippen molar-refractivity contribution in [3.05, 3.63) is 54.4 Å². The molecule has 0 bridgehead atoms. The number of aromatic nitrogens is 4. The number of pyridine rings is 1. The van der Waals surface area contributed by atoms with Crippen LogP contribution in [-0.4, -0.2) is 31.4 Å². The number of thioether (sulfide) groups is 1. The van der Waals surface area contributed by atoms with E-state index < -0.39 is 11.7 Å². The number of alkyl halides is 3. The molecule has 0 unspecified atom stereocenters. The van der Waals surface area contributed by atoms with Crippen LogP contribution in [0.15, 0.2) is 53.9 Å². The van der Waals surface area contributed by atoms with Crippen molar-refractivity contribution in [2.24, 2.45) is 0 Å². The van der Waals surface area contributed by atoms with E-state index in [-0.39, 0.29) is 11.7 Å². The fraction of sp³-hybridized carbons (Fsp3) is 0.263. The van der Waals surface area contributed by atoms with Gasteiger partial charge in [0.2, 0.25) is 5.91 Å². The normalized spacial score (nSPS) is 11.4. The zero-order valence-corrected chi connectivity index (χ0v) is 16.3. The van der Waals surface area contributed by atoms with E-state index in [1.165, 1.54) is 23.9 Å². The average Bonchev–Trinajstić information content (AvgIpc) is 3.10. The summed E-state index contributed by atoms with van der Waals surface area (Å²) in [7, 11) is 0. The number of rotatable bonds is 7. The third-order valence-corrected chi connectivity index (χ3v) is 4.90. The number of nitrogens with zero attached hydrogens (tertiary/aromatic N) is 4. The van der Waals surface area contributed by atoms with E-state index >= 15 is 0 Å². The summed E-state index contributed by atoms with van der Waals surface area (Å²) in [5, 5.41) is 11.6. The zero-order chi connectivity index (χ0) is 20.9. The van der Waals surface area contributed by atoms with Gasteiger partial charge in [-0.3, -0.25) is 9.78 Å². The van der Waals surface area contributed by atoms with E-state index in [2.05, 4.69) is 20.5 Å². The number of nitrogens with one attached hydrogen (secondary N) is 1. The van der Waals surface area contributed by atoms with Gasteiger partial charge in [-0.05, 0) is 42.8 Å². The van der Waals surface area contributed by atoms with Crippen molar-refractivity contribution >= 4 is 23.4 Å². The molecular formula is C19H18F3N5OS. The van der Waals surface area contributed by atoms with Crippen molar-refractivity contribution in [3.8, 4) is 11.4 Å². The van der Waals surface area contributed by atoms with E-state index in [0.29, 0.717) is 23.2 Å². The lowest BCUT2D eigenvalue weighted by Crippen LogP contribution is -2.15. The van der Waals surface area contributed by atoms with Crippen molar-refractivity contribution in [2.45, 2.75) is 31.2 Å². The summed E-state index contributed by atoms with van der Waals surface area (Å²) >= 11 is 1.22. The number of hydrogen-bond acceptors (Lipinski definition) is 5. The Morgan fingerprint density at radius 3 is 2.41 bits per heavy atom. The third kappa shape index (κ3) is 5.35. The number of anilines is 1. The second-order valence-corrected chi connectivity index (χ2v) is 7.05. The molecule has 3 rings (SSSR count). The first-order valence-corrected chi connectivity index (χ1v) is 9.80. The first-order chi connectivity index (χ1) is 13.9. The smallest absolute Gasteiger partial charge is 0.325 e. The molecule has 0 spiro atoms. The number of hydrogen-bond donors (Lipinski definition) is 1. The van der Waals surface area contributed by atoms with Crippen LogP contribution in [0.1, 0.15) is 18.9 Å². The Hall–Kier alpha value is -2.88. The number of halogens is 3. The van der Waals surface area contributed by atoms with Crippen LogP contribution in [0.25, 0.3) is 11.4 Å². The quantitative estimate of drug-likeness (QED) is 0.569. The van der Waals surface area contributed by atoms with Crippen LogP contribution in [0.3, 0.4) is 0 Å². The van der Waals surface area contributed by atoms with Crippen LogP contribution in [0.5, 0.6) is 0 Å². The molecule has 1 amide bonds. The van der Waals surface area contributed by atoms with Gasteiger partial charge in [0, 0.05) is 30.2 Å². The molecule has 2 heterocycles. The molecule has 29 heavy (non-hydrogen) atoms. The maximum Gasteiger partial charge on any atom is 0.416 e. The highest BCUT2D eigenvalue weighted by atomic mass is 32.2. The molecule has 0 aliphatic carbocycles. The maximum absolute atomic E-state index is 12.6. The highest BCUT2D eigenvalue weighted by Crippen LogP contribution is 2.30. The van der Waals surface area contributed by atoms with Crippen LogP contribution in [0.2, 0.25) is 0 Å². The predicted octanol–water partition coefficient (Wildman–Crippen LogP) is 4.50. The Kier molecular flexibility index (Phi) is 6.53. The van der Waals surface area contributed by atoms with Crippen molar-refractivity contribution in [2.75, 3.05) is 11.1 Å². The average molecular weight is 421 g/mol. The van der Waals surface area contributed by atoms with Gasteiger partial charge in [-0.2, -0.15) is 13.2 Å². The topological polar surface area (TPSA) is 72.7 Å². The summed E-state index contributed by atoms with van der Waals surface area (Å²) in [4.78, 5) is 16.2. The molecular weight excluding hydrogens is 403 g/mol. The van der Waals surface area contributed by atoms with Gasteiger partial charge in [-0.1, -0.05) is 18.7 Å². The molecule has 3 aromatic rings. The van der Waals surface area contributed by atoms with E-state index in [4.69, 9.17) is 0 Å². The van der Waals surface area contributed by atoms with Crippen LogP contribution >= 0.6 is 11.8 Å². The lowest BCUT2D eigenvalue weighted by Gasteiger charge is -2.10. The first-order valence-electron chi connectivity index (χ1n) is 8.82. The Labute approximate surface area is 169 Å². The molecule has 6 nitrogen and oxygen atoms in total. The van der Waals surface area contributed by atoms with Crippen LogP contribution < -0.4 is 5.32 Å². The largest absolute Gasteiger partial charge is 0.416 e. The molecule has 0 saturated heterocycles. The monoisotopic (exact) mass is 421 g/mol. The summed E-state index contributed by atoms with van der Waals surface area (Å²) in [6, 6.07) is 7.99. The van der Waals surface area contributed by atoms with Crippen molar-refractivity contribution in [1.29, 1.82) is 0 Å². The Balaban J connectivity index is 1.65. The van der Waals surface area contributed by atoms with Gasteiger partial charge < -0.3 is 9.88 Å². The minimum Gasteiger partial charge on any atom is -0.325 e. The minimum absolute atomic E-state index is 0.0548. The number of carbonyl (C=O) groups is 1. The second kappa shape index (κ2) is 9.08. The van der Waals surface area contributed by atoms with Crippen molar-refractivity contribution in [3.63, 3.8) is 0 Å². The molecule has 0 atom stereocenters. The summed E-state index contributed by atoms with van der Waals surface area (Å²) in [6.07, 6.45) is -0.203. The van der Waals surface area contributed by atoms with Crippen LogP contribution in [0, 0.1) is 0 Å². The van der Waals surface area contributed by atoms with Gasteiger partial charge in [0.15, 0.2) is 11.0 Å². The highest BCUT2D eigenvalue weighted by Gasteiger charge is 2.30. The molecule has 1 N–H and O–H groups in total. The van der Waals surface area contributed by atoms with Gasteiger partial charge in [-0.25, -0.2) is 0 Å². The van der Waals surface area contributed by atoms with Crippen LogP contribution in [-0.2, 0) is 17.5 Å². The Morgan fingerprint density at radius 2 is 1.79 bits per heavy atom. The summed E-state index contributed by atoms with van der Waals surface area (Å²) in [6.45, 7) is 2.72. The van der Waals surface area contributed by atoms with Gasteiger partial charge in [0.25, 0.3) is 0 Å². The first kappa shape index (κ1) is 20.8. The summed E-state index contributed by atoms with van der Waals surface area (Å²) in [5.74, 6) is 0.408.